The number of carbonyl (C=O) groups is 1. The number of sulfonamides is 1. The van der Waals surface area contributed by atoms with Crippen molar-refractivity contribution in [3.05, 3.63) is 29.6 Å². The molecular weight excluding hydrogens is 261 g/mol. The van der Waals surface area contributed by atoms with Crippen LogP contribution in [0, 0.1) is 5.82 Å². The predicted molar refractivity (Wildman–Crippen MR) is 66.0 cm³/mol. The number of benzene rings is 1. The summed E-state index contributed by atoms with van der Waals surface area (Å²) in [7, 11) is -3.29. The van der Waals surface area contributed by atoms with Crippen LogP contribution in [-0.2, 0) is 10.0 Å². The number of carbonyl (C=O) groups excluding carboxylic acids is 1. The number of nitrogen functional groups attached to an aromatic ring is 1. The summed E-state index contributed by atoms with van der Waals surface area (Å²) in [5, 5.41) is 2.39. The van der Waals surface area contributed by atoms with E-state index in [1.165, 1.54) is 12.1 Å². The molecule has 0 unspecified atom stereocenters. The third-order valence-corrected chi connectivity index (χ3v) is 2.74. The lowest BCUT2D eigenvalue weighted by atomic mass is 10.2. The van der Waals surface area contributed by atoms with Gasteiger partial charge in [-0.3, -0.25) is 4.79 Å². The Labute approximate surface area is 104 Å². The minimum Gasteiger partial charge on any atom is -0.399 e. The van der Waals surface area contributed by atoms with Gasteiger partial charge in [0.15, 0.2) is 0 Å². The molecule has 4 N–H and O–H groups in total. The lowest BCUT2D eigenvalue weighted by Gasteiger charge is -2.06. The highest BCUT2D eigenvalue weighted by molar-refractivity contribution is 7.88. The van der Waals surface area contributed by atoms with Gasteiger partial charge in [0.25, 0.3) is 5.91 Å². The maximum atomic E-state index is 13.3. The second-order valence-electron chi connectivity index (χ2n) is 3.66. The Balaban J connectivity index is 2.51. The molecule has 1 rings (SSSR count). The number of hydrogen-bond acceptors (Lipinski definition) is 4. The summed E-state index contributed by atoms with van der Waals surface area (Å²) in [6, 6.07) is 3.72. The normalized spacial score (nSPS) is 11.2. The molecule has 1 aromatic rings. The standard InChI is InChI=1S/C10H14FN3O3S/c1-18(16,17)14-5-4-13-10(15)8-3-2-7(12)6-9(8)11/h2-3,6,14H,4-5,12H2,1H3,(H,13,15). The van der Waals surface area contributed by atoms with Crippen molar-refractivity contribution in [1.82, 2.24) is 10.0 Å². The first-order valence-corrected chi connectivity index (χ1v) is 6.96. The van der Waals surface area contributed by atoms with E-state index in [1.807, 2.05) is 0 Å². The van der Waals surface area contributed by atoms with Gasteiger partial charge in [0.1, 0.15) is 5.82 Å². The molecule has 0 aliphatic heterocycles. The van der Waals surface area contributed by atoms with Crippen molar-refractivity contribution in [2.75, 3.05) is 25.1 Å². The first-order valence-electron chi connectivity index (χ1n) is 5.07. The predicted octanol–water partition coefficient (Wildman–Crippen LogP) is -0.313. The van der Waals surface area contributed by atoms with Crippen molar-refractivity contribution in [2.45, 2.75) is 0 Å². The summed E-state index contributed by atoms with van der Waals surface area (Å²) >= 11 is 0. The van der Waals surface area contributed by atoms with E-state index in [0.717, 1.165) is 12.3 Å². The molecule has 0 fully saturated rings. The van der Waals surface area contributed by atoms with Crippen LogP contribution in [0.2, 0.25) is 0 Å². The molecule has 0 aliphatic rings. The Morgan fingerprint density at radius 1 is 1.39 bits per heavy atom. The molecule has 0 atom stereocenters. The van der Waals surface area contributed by atoms with Gasteiger partial charge in [0, 0.05) is 18.8 Å². The third-order valence-electron chi connectivity index (χ3n) is 2.01. The fourth-order valence-electron chi connectivity index (χ4n) is 1.22. The number of nitrogens with one attached hydrogen (secondary N) is 2. The average molecular weight is 275 g/mol. The van der Waals surface area contributed by atoms with Gasteiger partial charge in [-0.15, -0.1) is 0 Å². The molecule has 0 heterocycles. The van der Waals surface area contributed by atoms with E-state index in [0.29, 0.717) is 0 Å². The summed E-state index contributed by atoms with van der Waals surface area (Å²) in [6.07, 6.45) is 1.01. The van der Waals surface area contributed by atoms with Gasteiger partial charge < -0.3 is 11.1 Å². The summed E-state index contributed by atoms with van der Waals surface area (Å²) in [5.74, 6) is -1.34. The van der Waals surface area contributed by atoms with Crippen molar-refractivity contribution in [1.29, 1.82) is 0 Å². The average Bonchev–Trinajstić information content (AvgIpc) is 2.22. The van der Waals surface area contributed by atoms with Crippen LogP contribution in [0.3, 0.4) is 0 Å². The van der Waals surface area contributed by atoms with Crippen LogP contribution in [0.25, 0.3) is 0 Å². The van der Waals surface area contributed by atoms with Gasteiger partial charge in [0.2, 0.25) is 10.0 Å². The van der Waals surface area contributed by atoms with E-state index in [9.17, 15) is 17.6 Å². The fraction of sp³-hybridized carbons (Fsp3) is 0.300. The highest BCUT2D eigenvalue weighted by Gasteiger charge is 2.11. The fourth-order valence-corrected chi connectivity index (χ4v) is 1.70. The molecule has 0 aromatic heterocycles. The first-order chi connectivity index (χ1) is 8.29. The molecule has 1 amide bonds. The van der Waals surface area contributed by atoms with Crippen molar-refractivity contribution in [2.24, 2.45) is 0 Å². The summed E-state index contributed by atoms with van der Waals surface area (Å²) in [5.41, 5.74) is 5.44. The first kappa shape index (κ1) is 14.4. The van der Waals surface area contributed by atoms with E-state index in [-0.39, 0.29) is 24.3 Å². The van der Waals surface area contributed by atoms with Crippen LogP contribution < -0.4 is 15.8 Å². The molecule has 0 spiro atoms. The zero-order chi connectivity index (χ0) is 13.8. The Hall–Kier alpha value is -1.67. The number of halogens is 1. The number of nitrogens with two attached hydrogens (primary N) is 1. The van der Waals surface area contributed by atoms with Crippen LogP contribution in [-0.4, -0.2) is 33.7 Å². The third kappa shape index (κ3) is 4.68. The van der Waals surface area contributed by atoms with E-state index in [2.05, 4.69) is 10.0 Å². The topological polar surface area (TPSA) is 101 Å². The Bertz CT molecular complexity index is 545. The SMILES string of the molecule is CS(=O)(=O)NCCNC(=O)c1ccc(N)cc1F. The van der Waals surface area contributed by atoms with Crippen molar-refractivity contribution in [3.8, 4) is 0 Å². The minimum absolute atomic E-state index is 0.0428. The number of hydrogen-bond donors (Lipinski definition) is 3. The van der Waals surface area contributed by atoms with Gasteiger partial charge in [-0.2, -0.15) is 0 Å². The van der Waals surface area contributed by atoms with Crippen LogP contribution in [0.15, 0.2) is 18.2 Å². The zero-order valence-electron chi connectivity index (χ0n) is 9.73. The van der Waals surface area contributed by atoms with Crippen LogP contribution in [0.5, 0.6) is 0 Å². The Kier molecular flexibility index (Phi) is 4.62. The Morgan fingerprint density at radius 3 is 2.61 bits per heavy atom. The number of anilines is 1. The van der Waals surface area contributed by atoms with Crippen molar-refractivity contribution < 1.29 is 17.6 Å². The molecule has 8 heteroatoms. The molecule has 1 aromatic carbocycles. The van der Waals surface area contributed by atoms with Crippen molar-refractivity contribution in [3.63, 3.8) is 0 Å². The van der Waals surface area contributed by atoms with Gasteiger partial charge in [-0.05, 0) is 18.2 Å². The minimum atomic E-state index is -3.29. The molecule has 6 nitrogen and oxygen atoms in total. The largest absolute Gasteiger partial charge is 0.399 e. The van der Waals surface area contributed by atoms with Crippen molar-refractivity contribution >= 4 is 21.6 Å². The highest BCUT2D eigenvalue weighted by Crippen LogP contribution is 2.11. The van der Waals surface area contributed by atoms with Gasteiger partial charge in [0.05, 0.1) is 11.8 Å². The smallest absolute Gasteiger partial charge is 0.254 e. The molecule has 0 saturated heterocycles. The second kappa shape index (κ2) is 5.78. The maximum Gasteiger partial charge on any atom is 0.254 e. The van der Waals surface area contributed by atoms with E-state index in [4.69, 9.17) is 5.73 Å². The van der Waals surface area contributed by atoms with Crippen LogP contribution in [0.1, 0.15) is 10.4 Å². The van der Waals surface area contributed by atoms with E-state index < -0.39 is 21.7 Å². The second-order valence-corrected chi connectivity index (χ2v) is 5.49. The van der Waals surface area contributed by atoms with Gasteiger partial charge >= 0.3 is 0 Å². The molecule has 0 aliphatic carbocycles. The number of rotatable bonds is 5. The molecule has 0 saturated carbocycles. The van der Waals surface area contributed by atoms with Gasteiger partial charge in [-0.1, -0.05) is 0 Å². The van der Waals surface area contributed by atoms with E-state index >= 15 is 0 Å². The van der Waals surface area contributed by atoms with E-state index in [1.54, 1.807) is 0 Å². The maximum absolute atomic E-state index is 13.3. The highest BCUT2D eigenvalue weighted by atomic mass is 32.2. The van der Waals surface area contributed by atoms with Crippen LogP contribution in [0.4, 0.5) is 10.1 Å². The zero-order valence-corrected chi connectivity index (χ0v) is 10.6. The molecule has 0 radical (unpaired) electrons. The van der Waals surface area contributed by atoms with Crippen LogP contribution >= 0.6 is 0 Å². The molecule has 100 valence electrons. The number of amides is 1. The monoisotopic (exact) mass is 275 g/mol. The summed E-state index contributed by atoms with van der Waals surface area (Å²) in [6.45, 7) is 0.108. The quantitative estimate of drug-likeness (QED) is 0.506. The summed E-state index contributed by atoms with van der Waals surface area (Å²) < 4.78 is 37.0. The Morgan fingerprint density at radius 2 is 2.06 bits per heavy atom. The lowest BCUT2D eigenvalue weighted by Crippen LogP contribution is -2.34. The lowest BCUT2D eigenvalue weighted by molar-refractivity contribution is 0.0950. The van der Waals surface area contributed by atoms with Gasteiger partial charge in [-0.25, -0.2) is 17.5 Å². The summed E-state index contributed by atoms with van der Waals surface area (Å²) in [4.78, 5) is 11.5. The molecule has 0 bridgehead atoms. The molecular formula is C10H14FN3O3S. The molecule has 18 heavy (non-hydrogen) atoms.